The quantitative estimate of drug-likeness (QED) is 0.630. The monoisotopic (exact) mass is 381 g/mol. The molecule has 0 amide bonds. The van der Waals surface area contributed by atoms with Crippen molar-refractivity contribution in [2.75, 3.05) is 5.32 Å². The zero-order chi connectivity index (χ0) is 18.1. The Morgan fingerprint density at radius 2 is 2.04 bits per heavy atom. The molecule has 12 heteroatoms. The van der Waals surface area contributed by atoms with Crippen molar-refractivity contribution in [1.29, 1.82) is 0 Å². The van der Waals surface area contributed by atoms with E-state index in [-0.39, 0.29) is 12.2 Å². The molecule has 0 fully saturated rings. The van der Waals surface area contributed by atoms with Crippen molar-refractivity contribution in [1.82, 2.24) is 4.98 Å². The molecule has 0 bridgehead atoms. The molecule has 0 radical (unpaired) electrons. The highest BCUT2D eigenvalue weighted by molar-refractivity contribution is 7.92. The van der Waals surface area contributed by atoms with Crippen molar-refractivity contribution in [2.24, 2.45) is 0 Å². The second-order valence-corrected chi connectivity index (χ2v) is 7.84. The Labute approximate surface area is 138 Å². The van der Waals surface area contributed by atoms with Crippen LogP contribution in [0.4, 0.5) is 24.5 Å². The molecule has 7 nitrogen and oxygen atoms in total. The Hall–Kier alpha value is -2.21. The fraction of sp³-hybridized carbons (Fsp3) is 0.250. The van der Waals surface area contributed by atoms with Crippen molar-refractivity contribution in [3.8, 4) is 0 Å². The molecule has 1 N–H and O–H groups in total. The maximum atomic E-state index is 12.5. The number of thiazole rings is 1. The number of aromatic nitrogens is 1. The summed E-state index contributed by atoms with van der Waals surface area (Å²) in [6, 6.07) is 2.00. The van der Waals surface area contributed by atoms with E-state index in [0.717, 1.165) is 16.0 Å². The van der Waals surface area contributed by atoms with Crippen LogP contribution >= 0.6 is 11.3 Å². The maximum absolute atomic E-state index is 12.5. The lowest BCUT2D eigenvalue weighted by molar-refractivity contribution is -0.384. The number of nitro groups is 1. The number of hydrogen-bond acceptors (Lipinski definition) is 7. The SMILES string of the molecule is Cc1ncc(CNc2ccc(S(=O)(=O)C(F)(F)F)cc2[N+](=O)[O-])s1. The zero-order valence-electron chi connectivity index (χ0n) is 12.0. The minimum atomic E-state index is -5.65. The highest BCUT2D eigenvalue weighted by Gasteiger charge is 2.47. The zero-order valence-corrected chi connectivity index (χ0v) is 13.6. The van der Waals surface area contributed by atoms with Crippen LogP contribution in [0.5, 0.6) is 0 Å². The number of nitrogens with zero attached hydrogens (tertiary/aromatic N) is 2. The Morgan fingerprint density at radius 1 is 1.38 bits per heavy atom. The molecule has 0 unspecified atom stereocenters. The predicted molar refractivity (Wildman–Crippen MR) is 80.5 cm³/mol. The van der Waals surface area contributed by atoms with Crippen molar-refractivity contribution in [3.05, 3.63) is 44.4 Å². The van der Waals surface area contributed by atoms with E-state index in [1.807, 2.05) is 0 Å². The number of benzene rings is 1. The van der Waals surface area contributed by atoms with Gasteiger partial charge in [0.05, 0.1) is 21.4 Å². The van der Waals surface area contributed by atoms with E-state index in [0.29, 0.717) is 12.1 Å². The third kappa shape index (κ3) is 3.64. The summed E-state index contributed by atoms with van der Waals surface area (Å²) in [5, 5.41) is 14.5. The van der Waals surface area contributed by atoms with Crippen LogP contribution in [0.3, 0.4) is 0 Å². The summed E-state index contributed by atoms with van der Waals surface area (Å²) < 4.78 is 60.3. The highest BCUT2D eigenvalue weighted by atomic mass is 32.2. The van der Waals surface area contributed by atoms with E-state index in [1.54, 1.807) is 13.1 Å². The smallest absolute Gasteiger partial charge is 0.375 e. The fourth-order valence-corrected chi connectivity index (χ4v) is 3.30. The molecule has 1 heterocycles. The molecule has 0 aliphatic heterocycles. The van der Waals surface area contributed by atoms with Crippen LogP contribution in [0, 0.1) is 17.0 Å². The molecule has 2 rings (SSSR count). The molecule has 0 saturated carbocycles. The molecule has 1 aromatic carbocycles. The number of halogens is 3. The van der Waals surface area contributed by atoms with Crippen LogP contribution in [0.25, 0.3) is 0 Å². The van der Waals surface area contributed by atoms with Crippen LogP contribution in [0.2, 0.25) is 0 Å². The van der Waals surface area contributed by atoms with Gasteiger partial charge in [0.1, 0.15) is 5.69 Å². The van der Waals surface area contributed by atoms with Gasteiger partial charge in [-0.1, -0.05) is 0 Å². The first-order chi connectivity index (χ1) is 11.0. The highest BCUT2D eigenvalue weighted by Crippen LogP contribution is 2.34. The Bertz CT molecular complexity index is 878. The lowest BCUT2D eigenvalue weighted by Crippen LogP contribution is -2.23. The third-order valence-electron chi connectivity index (χ3n) is 2.90. The first-order valence-corrected chi connectivity index (χ1v) is 8.57. The standard InChI is InChI=1S/C12H10F3N3O4S2/c1-7-16-5-8(23-7)6-17-10-3-2-9(4-11(10)18(19)20)24(21,22)12(13,14)15/h2-5,17H,6H2,1H3. The van der Waals surface area contributed by atoms with Crippen LogP contribution in [-0.2, 0) is 16.4 Å². The molecule has 0 spiro atoms. The van der Waals surface area contributed by atoms with Crippen LogP contribution < -0.4 is 5.32 Å². The second kappa shape index (κ2) is 6.36. The molecule has 24 heavy (non-hydrogen) atoms. The molecule has 0 saturated heterocycles. The number of sulfone groups is 1. The summed E-state index contributed by atoms with van der Waals surface area (Å²) in [7, 11) is -5.65. The normalized spacial score (nSPS) is 12.2. The van der Waals surface area contributed by atoms with Crippen molar-refractivity contribution in [3.63, 3.8) is 0 Å². The van der Waals surface area contributed by atoms with E-state index in [2.05, 4.69) is 10.3 Å². The minimum absolute atomic E-state index is 0.0906. The Kier molecular flexibility index (Phi) is 4.80. The molecule has 0 atom stereocenters. The van der Waals surface area contributed by atoms with Gasteiger partial charge in [0.15, 0.2) is 0 Å². The van der Waals surface area contributed by atoms with E-state index in [9.17, 15) is 31.7 Å². The molecular weight excluding hydrogens is 371 g/mol. The largest absolute Gasteiger partial charge is 0.501 e. The van der Waals surface area contributed by atoms with Crippen LogP contribution in [0.1, 0.15) is 9.88 Å². The van der Waals surface area contributed by atoms with Gasteiger partial charge in [-0.25, -0.2) is 13.4 Å². The molecular formula is C12H10F3N3O4S2. The second-order valence-electron chi connectivity index (χ2n) is 4.58. The summed E-state index contributed by atoms with van der Waals surface area (Å²) in [5.41, 5.74) is -6.38. The molecule has 130 valence electrons. The van der Waals surface area contributed by atoms with Crippen LogP contribution in [0.15, 0.2) is 29.3 Å². The first-order valence-electron chi connectivity index (χ1n) is 6.27. The number of nitrogens with one attached hydrogen (secondary N) is 1. The first kappa shape index (κ1) is 18.1. The van der Waals surface area contributed by atoms with Gasteiger partial charge in [-0.05, 0) is 19.1 Å². The fourth-order valence-electron chi connectivity index (χ4n) is 1.78. The Balaban J connectivity index is 2.35. The van der Waals surface area contributed by atoms with E-state index < -0.39 is 30.9 Å². The van der Waals surface area contributed by atoms with Crippen molar-refractivity contribution < 1.29 is 26.5 Å². The Morgan fingerprint density at radius 3 is 2.54 bits per heavy atom. The number of rotatable bonds is 5. The summed E-state index contributed by atoms with van der Waals surface area (Å²) in [6.45, 7) is 1.94. The molecule has 1 aromatic heterocycles. The van der Waals surface area contributed by atoms with Gasteiger partial charge in [0.2, 0.25) is 0 Å². The lowest BCUT2D eigenvalue weighted by atomic mass is 10.2. The number of alkyl halides is 3. The number of nitro benzene ring substituents is 1. The van der Waals surface area contributed by atoms with Gasteiger partial charge in [-0.15, -0.1) is 11.3 Å². The lowest BCUT2D eigenvalue weighted by Gasteiger charge is -2.10. The summed E-state index contributed by atoms with van der Waals surface area (Å²) in [4.78, 5) is 13.7. The summed E-state index contributed by atoms with van der Waals surface area (Å²) in [5.74, 6) is 0. The van der Waals surface area contributed by atoms with Crippen LogP contribution in [-0.4, -0.2) is 23.8 Å². The van der Waals surface area contributed by atoms with Gasteiger partial charge in [-0.3, -0.25) is 10.1 Å². The van der Waals surface area contributed by atoms with E-state index >= 15 is 0 Å². The summed E-state index contributed by atoms with van der Waals surface area (Å²) in [6.07, 6.45) is 1.56. The van der Waals surface area contributed by atoms with E-state index in [1.165, 1.54) is 11.3 Å². The molecule has 0 aliphatic carbocycles. The van der Waals surface area contributed by atoms with Gasteiger partial charge < -0.3 is 5.32 Å². The average Bonchev–Trinajstić information content (AvgIpc) is 2.89. The van der Waals surface area contributed by atoms with Crippen molar-refractivity contribution in [2.45, 2.75) is 23.9 Å². The van der Waals surface area contributed by atoms with E-state index in [4.69, 9.17) is 0 Å². The van der Waals surface area contributed by atoms with Gasteiger partial charge in [-0.2, -0.15) is 13.2 Å². The predicted octanol–water partition coefficient (Wildman–Crippen LogP) is 3.27. The van der Waals surface area contributed by atoms with Gasteiger partial charge in [0.25, 0.3) is 15.5 Å². The van der Waals surface area contributed by atoms with Gasteiger partial charge >= 0.3 is 5.51 Å². The molecule has 2 aromatic rings. The number of anilines is 1. The van der Waals surface area contributed by atoms with Gasteiger partial charge in [0, 0.05) is 17.1 Å². The minimum Gasteiger partial charge on any atom is -0.375 e. The van der Waals surface area contributed by atoms with Crippen molar-refractivity contribution >= 4 is 32.5 Å². The molecule has 0 aliphatic rings. The maximum Gasteiger partial charge on any atom is 0.501 e. The topological polar surface area (TPSA) is 102 Å². The number of aryl methyl sites for hydroxylation is 1. The third-order valence-corrected chi connectivity index (χ3v) is 5.30. The summed E-state index contributed by atoms with van der Waals surface area (Å²) >= 11 is 1.34. The number of hydrogen-bond donors (Lipinski definition) is 1. The average molecular weight is 381 g/mol.